The lowest BCUT2D eigenvalue weighted by Gasteiger charge is -2.22. The molecule has 7 heterocycles. The van der Waals surface area contributed by atoms with E-state index in [0.29, 0.717) is 118 Å². The average molecular weight is 1610 g/mol. The monoisotopic (exact) mass is 1610 g/mol. The Morgan fingerprint density at radius 2 is 0.717 bits per heavy atom. The molecule has 516 valence electrons. The summed E-state index contributed by atoms with van der Waals surface area (Å²) < 4.78 is 81.9. The molecule has 15 rings (SSSR count). The van der Waals surface area contributed by atoms with Crippen molar-refractivity contribution >= 4 is 117 Å². The van der Waals surface area contributed by atoms with E-state index in [0.717, 1.165) is 87.9 Å². The van der Waals surface area contributed by atoms with Crippen LogP contribution in [0.4, 0.5) is 40.8 Å². The number of aromatic nitrogens is 4. The molecular formula is C73H68Br4F4N8O10. The van der Waals surface area contributed by atoms with Crippen LogP contribution >= 0.6 is 63.7 Å². The van der Waals surface area contributed by atoms with Crippen LogP contribution < -0.4 is 39.4 Å². The molecule has 4 aromatic heterocycles. The van der Waals surface area contributed by atoms with Crippen molar-refractivity contribution in [2.24, 2.45) is 21.7 Å². The van der Waals surface area contributed by atoms with Crippen molar-refractivity contribution in [2.45, 2.75) is 77.0 Å². The van der Waals surface area contributed by atoms with E-state index in [1.54, 1.807) is 97.7 Å². The molecule has 26 heteroatoms. The number of hydrogen-bond donors (Lipinski definition) is 1. The molecule has 3 fully saturated rings. The minimum absolute atomic E-state index is 0.0657. The van der Waals surface area contributed by atoms with Crippen LogP contribution in [0.1, 0.15) is 70.2 Å². The van der Waals surface area contributed by atoms with Crippen molar-refractivity contribution in [3.63, 3.8) is 0 Å². The molecule has 3 spiro atoms. The van der Waals surface area contributed by atoms with Crippen molar-refractivity contribution in [3.05, 3.63) is 207 Å². The van der Waals surface area contributed by atoms with Gasteiger partial charge in [0, 0.05) is 26.1 Å². The normalized spacial score (nSPS) is 20.9. The second-order valence-corrected chi connectivity index (χ2v) is 28.8. The van der Waals surface area contributed by atoms with Gasteiger partial charge < -0.3 is 34.2 Å². The Balaban J connectivity index is 0.000000128. The lowest BCUT2D eigenvalue weighted by Crippen LogP contribution is -2.35. The van der Waals surface area contributed by atoms with Gasteiger partial charge in [-0.1, -0.05) is 24.3 Å². The molecule has 3 saturated heterocycles. The Morgan fingerprint density at radius 1 is 0.434 bits per heavy atom. The number of pyridine rings is 4. The quantitative estimate of drug-likeness (QED) is 0.0765. The van der Waals surface area contributed by atoms with Gasteiger partial charge >= 0.3 is 5.97 Å². The van der Waals surface area contributed by atoms with Crippen LogP contribution in [-0.4, -0.2) is 105 Å². The number of methoxy groups -OCH3 is 5. The zero-order valence-corrected chi connectivity index (χ0v) is 60.9. The number of esters is 1. The first-order valence-corrected chi connectivity index (χ1v) is 34.7. The summed E-state index contributed by atoms with van der Waals surface area (Å²) in [5.74, 6) is 2.87. The molecular weight excluding hydrogens is 1540 g/mol. The molecule has 0 radical (unpaired) electrons. The Morgan fingerprint density at radius 3 is 1.02 bits per heavy atom. The van der Waals surface area contributed by atoms with Crippen LogP contribution in [0.3, 0.4) is 0 Å². The third-order valence-corrected chi connectivity index (χ3v) is 21.8. The second-order valence-electron chi connectivity index (χ2n) is 25.4. The highest BCUT2D eigenvalue weighted by molar-refractivity contribution is 9.11. The number of nitrogen functional groups attached to an aromatic ring is 1. The summed E-state index contributed by atoms with van der Waals surface area (Å²) >= 11 is 13.4. The molecule has 0 bridgehead atoms. The van der Waals surface area contributed by atoms with Gasteiger partial charge in [0.25, 0.3) is 0 Å². The highest BCUT2D eigenvalue weighted by Gasteiger charge is 2.54. The minimum atomic E-state index is -0.841. The molecule has 3 amide bonds. The van der Waals surface area contributed by atoms with Crippen LogP contribution in [0.25, 0.3) is 0 Å². The number of benzene rings is 4. The summed E-state index contributed by atoms with van der Waals surface area (Å²) in [6.45, 7) is 1.85. The topological polar surface area (TPSA) is 219 Å². The SMILES string of the molecule is COC(=O)C1(CC=O)Cc2ccc(F)cc2C1.COc1nc(N)ccc1Br.COc1nc(N2CCC3(Cc4ccc(F)cc4C3)C2=O)ccc1Br.COc1nc(N2CCC3(Cc4ccc(F)cc4C3)C2=O)ccc1Br.COc1nc(N2CCC3(Cc4ccc(F)cc4C3)C2=O)ccc1Br. The van der Waals surface area contributed by atoms with E-state index >= 15 is 0 Å². The average Bonchev–Trinajstić information content (AvgIpc) is 1.61. The van der Waals surface area contributed by atoms with Gasteiger partial charge in [0.05, 0.1) is 75.1 Å². The number of nitrogens with two attached hydrogens (primary N) is 1. The number of nitrogens with zero attached hydrogens (tertiary/aromatic N) is 7. The number of fused-ring (bicyclic) bond motifs is 4. The number of aldehydes is 1. The van der Waals surface area contributed by atoms with E-state index in [1.165, 1.54) is 37.4 Å². The van der Waals surface area contributed by atoms with E-state index in [2.05, 4.69) is 83.7 Å². The van der Waals surface area contributed by atoms with Crippen molar-refractivity contribution < 1.29 is 65.2 Å². The van der Waals surface area contributed by atoms with Crippen molar-refractivity contribution in [3.8, 4) is 23.5 Å². The first-order chi connectivity index (χ1) is 47.4. The van der Waals surface area contributed by atoms with Gasteiger partial charge in [-0.3, -0.25) is 33.9 Å². The van der Waals surface area contributed by atoms with Crippen LogP contribution in [0, 0.1) is 44.9 Å². The Hall–Kier alpha value is -8.33. The highest BCUT2D eigenvalue weighted by atomic mass is 79.9. The number of carbonyl (C=O) groups is 5. The lowest BCUT2D eigenvalue weighted by molar-refractivity contribution is -0.153. The molecule has 7 aliphatic rings. The number of amides is 3. The molecule has 8 aromatic rings. The third kappa shape index (κ3) is 14.8. The van der Waals surface area contributed by atoms with Gasteiger partial charge in [0.1, 0.15) is 52.8 Å². The molecule has 2 N–H and O–H groups in total. The Bertz CT molecular complexity index is 4150. The van der Waals surface area contributed by atoms with Crippen LogP contribution in [0.2, 0.25) is 0 Å². The fraction of sp³-hybridized carbons (Fsp3) is 0.329. The van der Waals surface area contributed by atoms with Crippen molar-refractivity contribution in [1.82, 2.24) is 19.9 Å². The Labute approximate surface area is 602 Å². The number of rotatable bonds is 10. The van der Waals surface area contributed by atoms with Crippen molar-refractivity contribution in [2.75, 3.05) is 75.6 Å². The van der Waals surface area contributed by atoms with Gasteiger partial charge in [0.15, 0.2) is 0 Å². The summed E-state index contributed by atoms with van der Waals surface area (Å²) in [6.07, 6.45) is 7.71. The maximum atomic E-state index is 13.5. The molecule has 4 unspecified atom stereocenters. The third-order valence-electron chi connectivity index (χ3n) is 19.4. The summed E-state index contributed by atoms with van der Waals surface area (Å²) in [5.41, 5.74) is 11.0. The van der Waals surface area contributed by atoms with Gasteiger partial charge in [-0.25, -0.2) is 17.6 Å². The predicted molar refractivity (Wildman–Crippen MR) is 377 cm³/mol. The number of anilines is 4. The van der Waals surface area contributed by atoms with E-state index in [-0.39, 0.29) is 47.4 Å². The summed E-state index contributed by atoms with van der Waals surface area (Å²) in [6, 6.07) is 33.4. The van der Waals surface area contributed by atoms with Crippen LogP contribution in [0.15, 0.2) is 139 Å². The number of hydrogen-bond acceptors (Lipinski definition) is 15. The van der Waals surface area contributed by atoms with Crippen LogP contribution in [0.5, 0.6) is 23.5 Å². The zero-order chi connectivity index (χ0) is 70.7. The number of ether oxygens (including phenoxy) is 5. The first kappa shape index (κ1) is 71.9. The standard InChI is InChI=1S/3C18H16BrFN2O2.C13H13FO3.C6H7BrN2O/c3*1-24-16-14(19)4-5-15(21-16)22-7-6-18(17(22)23)9-11-2-3-13(20)8-12(11)10-18;1-17-12(16)13(4-5-15)7-9-2-3-11(14)6-10(9)8-13;1-10-6-4(7)2-3-5(8)9-6/h3*2-5,8H,6-7,9-10H2,1H3;2-3,5-6H,4,7-8H2,1H3;2-3H,1H3,(H2,8,9). The largest absolute Gasteiger partial charge is 0.480 e. The van der Waals surface area contributed by atoms with Gasteiger partial charge in [-0.2, -0.15) is 19.9 Å². The molecule has 4 aromatic carbocycles. The van der Waals surface area contributed by atoms with Gasteiger partial charge in [0.2, 0.25) is 41.2 Å². The maximum Gasteiger partial charge on any atom is 0.312 e. The lowest BCUT2D eigenvalue weighted by atomic mass is 9.82. The first-order valence-electron chi connectivity index (χ1n) is 31.6. The van der Waals surface area contributed by atoms with E-state index in [9.17, 15) is 41.5 Å². The number of halogens is 8. The van der Waals surface area contributed by atoms with Crippen molar-refractivity contribution in [1.29, 1.82) is 0 Å². The van der Waals surface area contributed by atoms with E-state index in [1.807, 2.05) is 36.4 Å². The van der Waals surface area contributed by atoms with E-state index in [4.69, 9.17) is 29.4 Å². The maximum absolute atomic E-state index is 13.5. The van der Waals surface area contributed by atoms with Crippen LogP contribution in [-0.2, 0) is 80.1 Å². The highest BCUT2D eigenvalue weighted by Crippen LogP contribution is 2.50. The molecule has 4 aliphatic carbocycles. The molecule has 3 aliphatic heterocycles. The molecule has 18 nitrogen and oxygen atoms in total. The minimum Gasteiger partial charge on any atom is -0.480 e. The van der Waals surface area contributed by atoms with Gasteiger partial charge in [-0.15, -0.1) is 0 Å². The van der Waals surface area contributed by atoms with Gasteiger partial charge in [-0.05, 0) is 276 Å². The zero-order valence-electron chi connectivity index (χ0n) is 54.5. The summed E-state index contributed by atoms with van der Waals surface area (Å²) in [7, 11) is 7.50. The summed E-state index contributed by atoms with van der Waals surface area (Å²) in [4.78, 5) is 84.2. The fourth-order valence-corrected chi connectivity index (χ4v) is 16.0. The van der Waals surface area contributed by atoms with E-state index < -0.39 is 27.6 Å². The predicted octanol–water partition coefficient (Wildman–Crippen LogP) is 13.6. The second kappa shape index (κ2) is 29.9. The molecule has 4 atom stereocenters. The molecule has 99 heavy (non-hydrogen) atoms. The fourth-order valence-electron chi connectivity index (χ4n) is 14.4. The smallest absolute Gasteiger partial charge is 0.312 e. The number of carbonyl (C=O) groups excluding carboxylic acids is 5. The Kier molecular flexibility index (Phi) is 21.7. The molecule has 0 saturated carbocycles. The summed E-state index contributed by atoms with van der Waals surface area (Å²) in [5, 5.41) is 0.